The Labute approximate surface area is 141 Å². The highest BCUT2D eigenvalue weighted by atomic mass is 35.5. The zero-order valence-corrected chi connectivity index (χ0v) is 14.3. The van der Waals surface area contributed by atoms with Crippen molar-refractivity contribution >= 4 is 29.1 Å². The Morgan fingerprint density at radius 1 is 1.45 bits per heavy atom. The van der Waals surface area contributed by atoms with Crippen molar-refractivity contribution in [2.24, 2.45) is 0 Å². The van der Waals surface area contributed by atoms with Gasteiger partial charge < -0.3 is 15.0 Å². The summed E-state index contributed by atoms with van der Waals surface area (Å²) in [6.07, 6.45) is 3.36. The zero-order valence-electron chi connectivity index (χ0n) is 12.8. The van der Waals surface area contributed by atoms with Gasteiger partial charge >= 0.3 is 0 Å². The molecule has 1 amide bonds. The second kappa shape index (κ2) is 8.61. The van der Waals surface area contributed by atoms with Gasteiger partial charge in [-0.1, -0.05) is 29.3 Å². The van der Waals surface area contributed by atoms with Crippen LogP contribution in [0.1, 0.15) is 25.7 Å². The first-order valence-electron chi connectivity index (χ1n) is 7.63. The number of rotatable bonds is 6. The van der Waals surface area contributed by atoms with E-state index in [1.807, 2.05) is 11.9 Å². The SMILES string of the molecule is CNC1CCCN(C(=O)CCCOc2cccc(Cl)c2Cl)C1. The number of halogens is 2. The molecule has 0 aliphatic carbocycles. The van der Waals surface area contributed by atoms with Crippen molar-refractivity contribution in [1.29, 1.82) is 0 Å². The molecule has 0 spiro atoms. The average Bonchev–Trinajstić information content (AvgIpc) is 2.55. The van der Waals surface area contributed by atoms with Crippen LogP contribution in [0, 0.1) is 0 Å². The van der Waals surface area contributed by atoms with E-state index in [4.69, 9.17) is 27.9 Å². The number of hydrogen-bond acceptors (Lipinski definition) is 3. The first kappa shape index (κ1) is 17.4. The monoisotopic (exact) mass is 344 g/mol. The van der Waals surface area contributed by atoms with E-state index in [9.17, 15) is 4.79 Å². The first-order chi connectivity index (χ1) is 10.6. The van der Waals surface area contributed by atoms with Crippen LogP contribution in [-0.2, 0) is 4.79 Å². The minimum Gasteiger partial charge on any atom is -0.492 e. The molecule has 1 atom stereocenters. The van der Waals surface area contributed by atoms with E-state index in [1.54, 1.807) is 18.2 Å². The van der Waals surface area contributed by atoms with Gasteiger partial charge in [0.05, 0.1) is 11.6 Å². The van der Waals surface area contributed by atoms with Gasteiger partial charge in [0.15, 0.2) is 0 Å². The third-order valence-corrected chi connectivity index (χ3v) is 4.69. The lowest BCUT2D eigenvalue weighted by Gasteiger charge is -2.32. The number of piperidine rings is 1. The molecule has 1 saturated heterocycles. The second-order valence-electron chi connectivity index (χ2n) is 5.47. The lowest BCUT2D eigenvalue weighted by molar-refractivity contribution is -0.132. The van der Waals surface area contributed by atoms with E-state index in [0.29, 0.717) is 41.3 Å². The van der Waals surface area contributed by atoms with Crippen LogP contribution in [0.25, 0.3) is 0 Å². The van der Waals surface area contributed by atoms with Crippen LogP contribution in [0.3, 0.4) is 0 Å². The van der Waals surface area contributed by atoms with E-state index in [-0.39, 0.29) is 5.91 Å². The molecule has 1 aliphatic rings. The van der Waals surface area contributed by atoms with Gasteiger partial charge in [0.1, 0.15) is 10.8 Å². The van der Waals surface area contributed by atoms with Crippen LogP contribution in [0.5, 0.6) is 5.75 Å². The lowest BCUT2D eigenvalue weighted by atomic mass is 10.1. The number of likely N-dealkylation sites (N-methyl/N-ethyl adjacent to an activating group) is 1. The minimum absolute atomic E-state index is 0.195. The number of carbonyl (C=O) groups excluding carboxylic acids is 1. The number of carbonyl (C=O) groups is 1. The standard InChI is InChI=1S/C16H22Cl2N2O2/c1-19-12-5-3-9-20(11-12)15(21)8-4-10-22-14-7-2-6-13(17)16(14)18/h2,6-7,12,19H,3-5,8-11H2,1H3. The molecule has 0 aromatic heterocycles. The van der Waals surface area contributed by atoms with E-state index in [0.717, 1.165) is 25.9 Å². The maximum absolute atomic E-state index is 12.2. The third-order valence-electron chi connectivity index (χ3n) is 3.89. The second-order valence-corrected chi connectivity index (χ2v) is 6.26. The summed E-state index contributed by atoms with van der Waals surface area (Å²) in [4.78, 5) is 14.1. The highest BCUT2D eigenvalue weighted by Crippen LogP contribution is 2.31. The Morgan fingerprint density at radius 3 is 3.05 bits per heavy atom. The van der Waals surface area contributed by atoms with Crippen LogP contribution in [-0.4, -0.2) is 43.6 Å². The fourth-order valence-electron chi connectivity index (χ4n) is 2.60. The van der Waals surface area contributed by atoms with Crippen LogP contribution in [0.4, 0.5) is 0 Å². The van der Waals surface area contributed by atoms with Gasteiger partial charge in [0.25, 0.3) is 0 Å². The summed E-state index contributed by atoms with van der Waals surface area (Å²) in [5.74, 6) is 0.760. The summed E-state index contributed by atoms with van der Waals surface area (Å²) in [5, 5.41) is 4.14. The number of nitrogens with one attached hydrogen (secondary N) is 1. The number of amides is 1. The molecular weight excluding hydrogens is 323 g/mol. The van der Waals surface area contributed by atoms with Crippen molar-refractivity contribution in [2.45, 2.75) is 31.7 Å². The normalized spacial score (nSPS) is 18.3. The van der Waals surface area contributed by atoms with Crippen molar-refractivity contribution in [2.75, 3.05) is 26.7 Å². The van der Waals surface area contributed by atoms with Gasteiger partial charge in [0.2, 0.25) is 5.91 Å². The van der Waals surface area contributed by atoms with Crippen LogP contribution >= 0.6 is 23.2 Å². The number of nitrogens with zero attached hydrogens (tertiary/aromatic N) is 1. The Kier molecular flexibility index (Phi) is 6.80. The molecule has 1 unspecified atom stereocenters. The third kappa shape index (κ3) is 4.77. The number of likely N-dealkylation sites (tertiary alicyclic amines) is 1. The molecule has 0 radical (unpaired) electrons. The fourth-order valence-corrected chi connectivity index (χ4v) is 2.94. The molecule has 122 valence electrons. The molecule has 22 heavy (non-hydrogen) atoms. The van der Waals surface area contributed by atoms with E-state index in [1.165, 1.54) is 0 Å². The largest absolute Gasteiger partial charge is 0.492 e. The average molecular weight is 345 g/mol. The summed E-state index contributed by atoms with van der Waals surface area (Å²) < 4.78 is 5.60. The topological polar surface area (TPSA) is 41.6 Å². The molecule has 4 nitrogen and oxygen atoms in total. The molecule has 1 aliphatic heterocycles. The van der Waals surface area contributed by atoms with Crippen molar-refractivity contribution in [3.05, 3.63) is 28.2 Å². The molecule has 1 aromatic carbocycles. The summed E-state index contributed by atoms with van der Waals surface area (Å²) in [5.41, 5.74) is 0. The summed E-state index contributed by atoms with van der Waals surface area (Å²) >= 11 is 12.0. The van der Waals surface area contributed by atoms with Gasteiger partial charge in [-0.2, -0.15) is 0 Å². The van der Waals surface area contributed by atoms with Crippen molar-refractivity contribution in [3.63, 3.8) is 0 Å². The number of benzene rings is 1. The van der Waals surface area contributed by atoms with Gasteiger partial charge in [-0.25, -0.2) is 0 Å². The first-order valence-corrected chi connectivity index (χ1v) is 8.39. The Hall–Kier alpha value is -0.970. The molecule has 2 rings (SSSR count). The molecule has 0 saturated carbocycles. The minimum atomic E-state index is 0.195. The molecule has 1 N–H and O–H groups in total. The smallest absolute Gasteiger partial charge is 0.222 e. The lowest BCUT2D eigenvalue weighted by Crippen LogP contribution is -2.46. The Balaban J connectivity index is 1.72. The number of ether oxygens (including phenoxy) is 1. The van der Waals surface area contributed by atoms with Crippen LogP contribution in [0.15, 0.2) is 18.2 Å². The fraction of sp³-hybridized carbons (Fsp3) is 0.562. The molecule has 1 heterocycles. The molecule has 1 fully saturated rings. The zero-order chi connectivity index (χ0) is 15.9. The quantitative estimate of drug-likeness (QED) is 0.804. The van der Waals surface area contributed by atoms with Crippen molar-refractivity contribution in [1.82, 2.24) is 10.2 Å². The summed E-state index contributed by atoms with van der Waals surface area (Å²) in [7, 11) is 1.95. The Bertz CT molecular complexity index is 511. The van der Waals surface area contributed by atoms with Crippen LogP contribution in [0.2, 0.25) is 10.0 Å². The van der Waals surface area contributed by atoms with Gasteiger partial charge in [0, 0.05) is 25.6 Å². The summed E-state index contributed by atoms with van der Waals surface area (Å²) in [6, 6.07) is 5.70. The summed E-state index contributed by atoms with van der Waals surface area (Å²) in [6.45, 7) is 2.11. The maximum atomic E-state index is 12.2. The molecule has 0 bridgehead atoms. The predicted molar refractivity (Wildman–Crippen MR) is 89.9 cm³/mol. The molecular formula is C16H22Cl2N2O2. The maximum Gasteiger partial charge on any atom is 0.222 e. The molecule has 6 heteroatoms. The molecule has 1 aromatic rings. The van der Waals surface area contributed by atoms with Crippen LogP contribution < -0.4 is 10.1 Å². The van der Waals surface area contributed by atoms with E-state index >= 15 is 0 Å². The van der Waals surface area contributed by atoms with Gasteiger partial charge in [-0.05, 0) is 38.4 Å². The predicted octanol–water partition coefficient (Wildman–Crippen LogP) is 3.36. The van der Waals surface area contributed by atoms with Gasteiger partial charge in [-0.3, -0.25) is 4.79 Å². The van der Waals surface area contributed by atoms with Crippen molar-refractivity contribution < 1.29 is 9.53 Å². The van der Waals surface area contributed by atoms with E-state index < -0.39 is 0 Å². The highest BCUT2D eigenvalue weighted by Gasteiger charge is 2.21. The Morgan fingerprint density at radius 2 is 2.27 bits per heavy atom. The number of hydrogen-bond donors (Lipinski definition) is 1. The van der Waals surface area contributed by atoms with Gasteiger partial charge in [-0.15, -0.1) is 0 Å². The van der Waals surface area contributed by atoms with Crippen molar-refractivity contribution in [3.8, 4) is 5.75 Å². The van der Waals surface area contributed by atoms with E-state index in [2.05, 4.69) is 5.32 Å². The highest BCUT2D eigenvalue weighted by molar-refractivity contribution is 6.42.